The first-order valence-electron chi connectivity index (χ1n) is 9.56. The van der Waals surface area contributed by atoms with Gasteiger partial charge in [0.2, 0.25) is 20.0 Å². The average molecular weight is 468 g/mol. The lowest BCUT2D eigenvalue weighted by molar-refractivity contribution is 0.0730. The third-order valence-corrected chi connectivity index (χ3v) is 8.85. The second kappa shape index (κ2) is 9.05. The van der Waals surface area contributed by atoms with Crippen LogP contribution in [0.1, 0.15) is 15.9 Å². The van der Waals surface area contributed by atoms with Gasteiger partial charge in [0.25, 0.3) is 5.91 Å². The molecule has 31 heavy (non-hydrogen) atoms. The lowest BCUT2D eigenvalue weighted by Gasteiger charge is -2.26. The van der Waals surface area contributed by atoms with Gasteiger partial charge in [0.15, 0.2) is 0 Å². The van der Waals surface area contributed by atoms with E-state index in [1.165, 1.54) is 42.7 Å². The SMILES string of the molecule is Cc1ccc(C(=O)Nc2ccccc2S(=O)(=O)N(C)C)cc1S(=O)(=O)N1CCOCC1. The van der Waals surface area contributed by atoms with Crippen molar-refractivity contribution in [2.45, 2.75) is 16.7 Å². The molecule has 1 fully saturated rings. The quantitative estimate of drug-likeness (QED) is 0.689. The zero-order valence-electron chi connectivity index (χ0n) is 17.5. The molecule has 168 valence electrons. The van der Waals surface area contributed by atoms with Crippen molar-refractivity contribution in [2.75, 3.05) is 45.7 Å². The summed E-state index contributed by atoms with van der Waals surface area (Å²) in [7, 11) is -4.78. The Morgan fingerprint density at radius 1 is 1.00 bits per heavy atom. The summed E-state index contributed by atoms with van der Waals surface area (Å²) < 4.78 is 58.8. The number of rotatable bonds is 6. The smallest absolute Gasteiger partial charge is 0.255 e. The topological polar surface area (TPSA) is 113 Å². The van der Waals surface area contributed by atoms with E-state index in [-0.39, 0.29) is 34.1 Å². The number of para-hydroxylation sites is 1. The number of sulfonamides is 2. The summed E-state index contributed by atoms with van der Waals surface area (Å²) in [6.07, 6.45) is 0. The van der Waals surface area contributed by atoms with Crippen LogP contribution in [0.15, 0.2) is 52.3 Å². The fourth-order valence-corrected chi connectivity index (χ4v) is 5.83. The van der Waals surface area contributed by atoms with Crippen LogP contribution in [0.5, 0.6) is 0 Å². The van der Waals surface area contributed by atoms with Crippen molar-refractivity contribution in [3.8, 4) is 0 Å². The maximum atomic E-state index is 13.1. The molecule has 1 aliphatic rings. The number of nitrogens with one attached hydrogen (secondary N) is 1. The fourth-order valence-electron chi connectivity index (χ4n) is 3.13. The van der Waals surface area contributed by atoms with E-state index in [2.05, 4.69) is 5.32 Å². The number of amides is 1. The second-order valence-electron chi connectivity index (χ2n) is 7.23. The Hall–Kier alpha value is -2.31. The van der Waals surface area contributed by atoms with Gasteiger partial charge < -0.3 is 10.1 Å². The van der Waals surface area contributed by atoms with E-state index >= 15 is 0 Å². The number of hydrogen-bond acceptors (Lipinski definition) is 6. The summed E-state index contributed by atoms with van der Waals surface area (Å²) >= 11 is 0. The van der Waals surface area contributed by atoms with Crippen molar-refractivity contribution in [1.29, 1.82) is 0 Å². The highest BCUT2D eigenvalue weighted by Gasteiger charge is 2.29. The van der Waals surface area contributed by atoms with Gasteiger partial charge in [0, 0.05) is 32.7 Å². The van der Waals surface area contributed by atoms with E-state index in [1.54, 1.807) is 25.1 Å². The Bertz CT molecular complexity index is 1190. The van der Waals surface area contributed by atoms with Gasteiger partial charge in [0.05, 0.1) is 23.8 Å². The maximum absolute atomic E-state index is 13.1. The molecule has 2 aromatic rings. The molecule has 0 saturated carbocycles. The molecule has 1 saturated heterocycles. The number of benzene rings is 2. The van der Waals surface area contributed by atoms with Gasteiger partial charge >= 0.3 is 0 Å². The van der Waals surface area contributed by atoms with Crippen molar-refractivity contribution in [3.63, 3.8) is 0 Å². The highest BCUT2D eigenvalue weighted by atomic mass is 32.2. The number of hydrogen-bond donors (Lipinski definition) is 1. The molecule has 0 aliphatic carbocycles. The van der Waals surface area contributed by atoms with Gasteiger partial charge in [-0.2, -0.15) is 4.31 Å². The van der Waals surface area contributed by atoms with Crippen LogP contribution in [-0.2, 0) is 24.8 Å². The van der Waals surface area contributed by atoms with E-state index in [9.17, 15) is 21.6 Å². The number of carbonyl (C=O) groups is 1. The largest absolute Gasteiger partial charge is 0.379 e. The van der Waals surface area contributed by atoms with Gasteiger partial charge in [-0.3, -0.25) is 4.79 Å². The highest BCUT2D eigenvalue weighted by Crippen LogP contribution is 2.26. The predicted molar refractivity (Wildman–Crippen MR) is 116 cm³/mol. The number of aryl methyl sites for hydroxylation is 1. The minimum Gasteiger partial charge on any atom is -0.379 e. The molecule has 1 heterocycles. The molecule has 3 rings (SSSR count). The summed E-state index contributed by atoms with van der Waals surface area (Å²) in [6, 6.07) is 10.4. The lowest BCUT2D eigenvalue weighted by Crippen LogP contribution is -2.40. The van der Waals surface area contributed by atoms with Crippen molar-refractivity contribution >= 4 is 31.6 Å². The van der Waals surface area contributed by atoms with E-state index in [0.29, 0.717) is 18.8 Å². The molecule has 0 spiro atoms. The van der Waals surface area contributed by atoms with E-state index < -0.39 is 26.0 Å². The van der Waals surface area contributed by atoms with Gasteiger partial charge in [-0.25, -0.2) is 21.1 Å². The van der Waals surface area contributed by atoms with Crippen molar-refractivity contribution in [3.05, 3.63) is 53.6 Å². The molecule has 9 nitrogen and oxygen atoms in total. The van der Waals surface area contributed by atoms with Gasteiger partial charge in [-0.1, -0.05) is 18.2 Å². The van der Waals surface area contributed by atoms with Crippen molar-refractivity contribution < 1.29 is 26.4 Å². The van der Waals surface area contributed by atoms with Crippen LogP contribution in [0, 0.1) is 6.92 Å². The zero-order chi connectivity index (χ0) is 22.8. The summed E-state index contributed by atoms with van der Waals surface area (Å²) in [4.78, 5) is 12.9. The molecule has 0 unspecified atom stereocenters. The molecule has 0 radical (unpaired) electrons. The van der Waals surface area contributed by atoms with Crippen LogP contribution in [0.4, 0.5) is 5.69 Å². The molecule has 0 atom stereocenters. The first-order chi connectivity index (χ1) is 14.5. The minimum atomic E-state index is -3.79. The molecule has 1 aliphatic heterocycles. The van der Waals surface area contributed by atoms with Gasteiger partial charge in [-0.15, -0.1) is 0 Å². The Morgan fingerprint density at radius 2 is 1.65 bits per heavy atom. The Kier molecular flexibility index (Phi) is 6.82. The first kappa shape index (κ1) is 23.4. The molecule has 0 bridgehead atoms. The standard InChI is InChI=1S/C20H25N3O6S2/c1-15-8-9-16(14-19(15)31(27,28)23-10-12-29-13-11-23)20(24)21-17-6-4-5-7-18(17)30(25,26)22(2)3/h4-9,14H,10-13H2,1-3H3,(H,21,24). The van der Waals surface area contributed by atoms with Crippen LogP contribution in [0.25, 0.3) is 0 Å². The monoisotopic (exact) mass is 467 g/mol. The summed E-state index contributed by atoms with van der Waals surface area (Å²) in [6.45, 7) is 2.78. The Morgan fingerprint density at radius 3 is 2.29 bits per heavy atom. The van der Waals surface area contributed by atoms with Crippen LogP contribution in [0.3, 0.4) is 0 Å². The van der Waals surface area contributed by atoms with Crippen LogP contribution < -0.4 is 5.32 Å². The number of nitrogens with zero attached hydrogens (tertiary/aromatic N) is 2. The molecular weight excluding hydrogens is 442 g/mol. The molecular formula is C20H25N3O6S2. The average Bonchev–Trinajstić information content (AvgIpc) is 2.74. The van der Waals surface area contributed by atoms with E-state index in [0.717, 1.165) is 4.31 Å². The Labute approximate surface area is 182 Å². The van der Waals surface area contributed by atoms with E-state index in [4.69, 9.17) is 4.74 Å². The predicted octanol–water partition coefficient (Wildman–Crippen LogP) is 1.52. The molecule has 0 aromatic heterocycles. The van der Waals surface area contributed by atoms with Crippen LogP contribution >= 0.6 is 0 Å². The normalized spacial score (nSPS) is 15.7. The Balaban J connectivity index is 1.94. The summed E-state index contributed by atoms with van der Waals surface area (Å²) in [5.74, 6) is -0.611. The zero-order valence-corrected chi connectivity index (χ0v) is 19.2. The molecule has 2 aromatic carbocycles. The first-order valence-corrected chi connectivity index (χ1v) is 12.4. The van der Waals surface area contributed by atoms with Gasteiger partial charge in [0.1, 0.15) is 4.90 Å². The number of morpholine rings is 1. The number of ether oxygens (including phenoxy) is 1. The van der Waals surface area contributed by atoms with Crippen LogP contribution in [0.2, 0.25) is 0 Å². The maximum Gasteiger partial charge on any atom is 0.255 e. The summed E-state index contributed by atoms with van der Waals surface area (Å²) in [5, 5.41) is 2.59. The third kappa shape index (κ3) is 4.80. The third-order valence-electron chi connectivity index (χ3n) is 4.93. The van der Waals surface area contributed by atoms with Crippen LogP contribution in [-0.4, -0.2) is 71.8 Å². The number of carbonyl (C=O) groups excluding carboxylic acids is 1. The van der Waals surface area contributed by atoms with Crippen molar-refractivity contribution in [2.24, 2.45) is 0 Å². The minimum absolute atomic E-state index is 0.0382. The van der Waals surface area contributed by atoms with E-state index in [1.807, 2.05) is 0 Å². The molecule has 1 N–H and O–H groups in total. The molecule has 1 amide bonds. The highest BCUT2D eigenvalue weighted by molar-refractivity contribution is 7.89. The lowest BCUT2D eigenvalue weighted by atomic mass is 10.1. The second-order valence-corrected chi connectivity index (χ2v) is 11.3. The van der Waals surface area contributed by atoms with Crippen molar-refractivity contribution in [1.82, 2.24) is 8.61 Å². The fraction of sp³-hybridized carbons (Fsp3) is 0.350. The molecule has 11 heteroatoms. The summed E-state index contributed by atoms with van der Waals surface area (Å²) in [5.41, 5.74) is 0.729. The number of anilines is 1. The van der Waals surface area contributed by atoms with Gasteiger partial charge in [-0.05, 0) is 36.8 Å².